The van der Waals surface area contributed by atoms with Crippen LogP contribution in [0.3, 0.4) is 0 Å². The number of rotatable bonds is 5. The molecule has 0 saturated heterocycles. The summed E-state index contributed by atoms with van der Waals surface area (Å²) in [6.07, 6.45) is 0. The van der Waals surface area contributed by atoms with Gasteiger partial charge in [0.2, 0.25) is 0 Å². The molecule has 1 aromatic heterocycles. The van der Waals surface area contributed by atoms with E-state index in [1.54, 1.807) is 11.3 Å². The third kappa shape index (κ3) is 3.63. The number of hydrogen-bond acceptors (Lipinski definition) is 3. The zero-order valence-electron chi connectivity index (χ0n) is 16.3. The largest absolute Gasteiger partial charge is 0.300 e. The van der Waals surface area contributed by atoms with Crippen LogP contribution in [0.2, 0.25) is 0 Å². The highest BCUT2D eigenvalue weighted by molar-refractivity contribution is 7.19. The van der Waals surface area contributed by atoms with Gasteiger partial charge in [-0.3, -0.25) is 0 Å². The minimum Gasteiger partial charge on any atom is -0.300 e. The number of aromatic nitrogens is 1. The van der Waals surface area contributed by atoms with Crippen molar-refractivity contribution in [2.24, 2.45) is 0 Å². The van der Waals surface area contributed by atoms with E-state index in [1.807, 2.05) is 24.3 Å². The van der Waals surface area contributed by atoms with Crippen molar-refractivity contribution in [1.82, 2.24) is 4.98 Å². The normalized spacial score (nSPS) is 10.7. The molecule has 2 nitrogen and oxygen atoms in total. The molecule has 0 aliphatic rings. The zero-order chi connectivity index (χ0) is 20.2. The first-order valence-corrected chi connectivity index (χ1v) is 10.7. The molecule has 0 atom stereocenters. The molecule has 0 aliphatic carbocycles. The fourth-order valence-electron chi connectivity index (χ4n) is 3.49. The minimum absolute atomic E-state index is 0.993. The van der Waals surface area contributed by atoms with Gasteiger partial charge in [0, 0.05) is 22.5 Å². The van der Waals surface area contributed by atoms with Gasteiger partial charge in [0.25, 0.3) is 0 Å². The van der Waals surface area contributed by atoms with Crippen LogP contribution in [0.5, 0.6) is 0 Å². The molecule has 30 heavy (non-hydrogen) atoms. The van der Waals surface area contributed by atoms with Crippen LogP contribution in [0.25, 0.3) is 21.8 Å². The molecule has 4 aromatic carbocycles. The van der Waals surface area contributed by atoms with E-state index in [0.717, 1.165) is 38.2 Å². The van der Waals surface area contributed by atoms with Crippen LogP contribution < -0.4 is 4.90 Å². The lowest BCUT2D eigenvalue weighted by Gasteiger charge is -2.24. The number of para-hydroxylation sites is 2. The lowest BCUT2D eigenvalue weighted by Crippen LogP contribution is -2.09. The van der Waals surface area contributed by atoms with Crippen molar-refractivity contribution < 1.29 is 0 Å². The summed E-state index contributed by atoms with van der Waals surface area (Å²) in [5.41, 5.74) is 5.47. The maximum absolute atomic E-state index is 5.10. The van der Waals surface area contributed by atoms with Gasteiger partial charge >= 0.3 is 0 Å². The fourth-order valence-corrected chi connectivity index (χ4v) is 4.63. The Morgan fingerprint density at radius 3 is 1.43 bits per heavy atom. The van der Waals surface area contributed by atoms with Crippen molar-refractivity contribution in [3.63, 3.8) is 0 Å². The van der Waals surface area contributed by atoms with Crippen molar-refractivity contribution in [2.45, 2.75) is 0 Å². The van der Waals surface area contributed by atoms with E-state index in [0.29, 0.717) is 0 Å². The Morgan fingerprint density at radius 1 is 0.500 bits per heavy atom. The second-order valence-corrected chi connectivity index (χ2v) is 7.89. The van der Waals surface area contributed by atoms with Crippen LogP contribution in [-0.4, -0.2) is 4.98 Å². The van der Waals surface area contributed by atoms with E-state index < -0.39 is 0 Å². The summed E-state index contributed by atoms with van der Waals surface area (Å²) in [4.78, 5) is 7.40. The fraction of sp³-hybridized carbons (Fsp3) is 0. The van der Waals surface area contributed by atoms with Gasteiger partial charge in [0.1, 0.15) is 15.7 Å². The quantitative estimate of drug-likeness (QED) is 0.295. The van der Waals surface area contributed by atoms with Crippen LogP contribution in [0.1, 0.15) is 0 Å². The van der Waals surface area contributed by atoms with Gasteiger partial charge in [-0.2, -0.15) is 0 Å². The molecule has 0 radical (unpaired) electrons. The van der Waals surface area contributed by atoms with E-state index in [-0.39, 0.29) is 0 Å². The predicted molar refractivity (Wildman–Crippen MR) is 128 cm³/mol. The second-order valence-electron chi connectivity index (χ2n) is 6.91. The Balaban J connectivity index is 1.75. The summed E-state index contributed by atoms with van der Waals surface area (Å²) in [5, 5.41) is 2.12. The van der Waals surface area contributed by atoms with E-state index >= 15 is 0 Å². The summed E-state index contributed by atoms with van der Waals surface area (Å²) in [6, 6.07) is 41.8. The molecule has 3 heteroatoms. The van der Waals surface area contributed by atoms with Gasteiger partial charge in [0.15, 0.2) is 0 Å². The molecule has 0 bridgehead atoms. The molecule has 0 saturated carbocycles. The SMILES string of the molecule is c1ccc(-c2nc(-c3ccccc3)c(N(c3ccccc3)c3ccccc3)s2)cc1. The molecule has 5 rings (SSSR count). The first-order valence-electron chi connectivity index (χ1n) is 9.92. The van der Waals surface area contributed by atoms with Crippen LogP contribution in [0, 0.1) is 0 Å². The van der Waals surface area contributed by atoms with Crippen molar-refractivity contribution in [3.05, 3.63) is 121 Å². The van der Waals surface area contributed by atoms with E-state index in [1.165, 1.54) is 0 Å². The number of nitrogens with zero attached hydrogens (tertiary/aromatic N) is 2. The third-order valence-electron chi connectivity index (χ3n) is 4.91. The average molecular weight is 405 g/mol. The summed E-state index contributed by atoms with van der Waals surface area (Å²) in [5.74, 6) is 0. The summed E-state index contributed by atoms with van der Waals surface area (Å²) >= 11 is 1.72. The van der Waals surface area contributed by atoms with Gasteiger partial charge in [-0.05, 0) is 24.3 Å². The predicted octanol–water partition coefficient (Wildman–Crippen LogP) is 7.95. The molecule has 5 aromatic rings. The molecular formula is C27H20N2S. The van der Waals surface area contributed by atoms with Gasteiger partial charge in [-0.25, -0.2) is 4.98 Å². The Hall–Kier alpha value is -3.69. The van der Waals surface area contributed by atoms with Gasteiger partial charge in [-0.1, -0.05) is 108 Å². The van der Waals surface area contributed by atoms with E-state index in [4.69, 9.17) is 4.98 Å². The smallest absolute Gasteiger partial charge is 0.129 e. The first kappa shape index (κ1) is 18.3. The standard InChI is InChI=1S/C27H20N2S/c1-5-13-21(14-6-1)25-27(30-26(28-25)22-15-7-2-8-16-22)29(23-17-9-3-10-18-23)24-19-11-4-12-20-24/h1-20H. The Bertz CT molecular complexity index is 1180. The lowest BCUT2D eigenvalue weighted by molar-refractivity contribution is 1.29. The van der Waals surface area contributed by atoms with Crippen molar-refractivity contribution in [2.75, 3.05) is 4.90 Å². The molecule has 0 aliphatic heterocycles. The highest BCUT2D eigenvalue weighted by atomic mass is 32.1. The molecule has 0 unspecified atom stereocenters. The summed E-state index contributed by atoms with van der Waals surface area (Å²) in [7, 11) is 0. The van der Waals surface area contributed by atoms with Crippen molar-refractivity contribution in [3.8, 4) is 21.8 Å². The van der Waals surface area contributed by atoms with Crippen LogP contribution in [-0.2, 0) is 0 Å². The number of benzene rings is 4. The number of thiazole rings is 1. The van der Waals surface area contributed by atoms with Crippen LogP contribution >= 0.6 is 11.3 Å². The Morgan fingerprint density at radius 2 is 0.933 bits per heavy atom. The van der Waals surface area contributed by atoms with E-state index in [2.05, 4.69) is 102 Å². The molecule has 0 fully saturated rings. The number of hydrogen-bond donors (Lipinski definition) is 0. The van der Waals surface area contributed by atoms with Crippen LogP contribution in [0.15, 0.2) is 121 Å². The average Bonchev–Trinajstić information content (AvgIpc) is 3.27. The Kier molecular flexibility index (Phi) is 5.11. The second kappa shape index (κ2) is 8.36. The van der Waals surface area contributed by atoms with Gasteiger partial charge in [0.05, 0.1) is 0 Å². The maximum Gasteiger partial charge on any atom is 0.129 e. The molecular weight excluding hydrogens is 384 g/mol. The molecule has 1 heterocycles. The number of anilines is 3. The molecule has 0 N–H and O–H groups in total. The Labute approximate surface area is 180 Å². The molecule has 0 amide bonds. The monoisotopic (exact) mass is 404 g/mol. The minimum atomic E-state index is 0.993. The van der Waals surface area contributed by atoms with Gasteiger partial charge < -0.3 is 4.90 Å². The maximum atomic E-state index is 5.10. The summed E-state index contributed by atoms with van der Waals surface area (Å²) < 4.78 is 0. The van der Waals surface area contributed by atoms with E-state index in [9.17, 15) is 0 Å². The third-order valence-corrected chi connectivity index (χ3v) is 6.00. The van der Waals surface area contributed by atoms with Crippen molar-refractivity contribution in [1.29, 1.82) is 0 Å². The molecule has 144 valence electrons. The topological polar surface area (TPSA) is 16.1 Å². The zero-order valence-corrected chi connectivity index (χ0v) is 17.2. The van der Waals surface area contributed by atoms with Crippen molar-refractivity contribution >= 4 is 27.7 Å². The molecule has 0 spiro atoms. The lowest BCUT2D eigenvalue weighted by atomic mass is 10.1. The first-order chi connectivity index (χ1) is 14.9. The summed E-state index contributed by atoms with van der Waals surface area (Å²) in [6.45, 7) is 0. The highest BCUT2D eigenvalue weighted by Crippen LogP contribution is 2.46. The highest BCUT2D eigenvalue weighted by Gasteiger charge is 2.22. The van der Waals surface area contributed by atoms with Gasteiger partial charge in [-0.15, -0.1) is 0 Å². The van der Waals surface area contributed by atoms with Crippen LogP contribution in [0.4, 0.5) is 16.4 Å².